The number of anilines is 2. The molecule has 5 aromatic carbocycles. The molecule has 6 atom stereocenters. The van der Waals surface area contributed by atoms with E-state index in [2.05, 4.69) is 0 Å². The first-order valence-electron chi connectivity index (χ1n) is 19.2. The van der Waals surface area contributed by atoms with Crippen LogP contribution in [0.3, 0.4) is 0 Å². The van der Waals surface area contributed by atoms with E-state index >= 15 is 4.79 Å². The van der Waals surface area contributed by atoms with Gasteiger partial charge in [-0.25, -0.2) is 4.90 Å². The Balaban J connectivity index is 1.15. The van der Waals surface area contributed by atoms with E-state index in [1.807, 2.05) is 54.6 Å². The molecule has 2 aliphatic carbocycles. The Morgan fingerprint density at radius 1 is 0.759 bits per heavy atom. The highest BCUT2D eigenvalue weighted by atomic mass is 35.5. The van der Waals surface area contributed by atoms with Gasteiger partial charge in [0.25, 0.3) is 0 Å². The van der Waals surface area contributed by atoms with Crippen molar-refractivity contribution in [2.75, 3.05) is 16.9 Å². The minimum Gasteiger partial charge on any atom is -0.504 e. The van der Waals surface area contributed by atoms with Crippen LogP contribution in [0.5, 0.6) is 11.5 Å². The van der Waals surface area contributed by atoms with E-state index in [0.717, 1.165) is 5.57 Å². The smallest absolute Gasteiger partial charge is 0.246 e. The van der Waals surface area contributed by atoms with Gasteiger partial charge in [0.15, 0.2) is 17.3 Å². The van der Waals surface area contributed by atoms with Crippen LogP contribution < -0.4 is 14.5 Å². The predicted octanol–water partition coefficient (Wildman–Crippen LogP) is 8.20. The van der Waals surface area contributed by atoms with Crippen molar-refractivity contribution in [3.8, 4) is 11.5 Å². The van der Waals surface area contributed by atoms with Gasteiger partial charge >= 0.3 is 0 Å². The summed E-state index contributed by atoms with van der Waals surface area (Å²) in [6.07, 6.45) is 6.16. The van der Waals surface area contributed by atoms with Gasteiger partial charge in [-0.2, -0.15) is 0 Å². The van der Waals surface area contributed by atoms with Crippen LogP contribution in [0.4, 0.5) is 11.4 Å². The average molecular weight is 789 g/mol. The molecule has 1 N–H and O–H groups in total. The summed E-state index contributed by atoms with van der Waals surface area (Å²) in [7, 11) is 1.46. The second-order valence-corrected chi connectivity index (χ2v) is 15.6. The van der Waals surface area contributed by atoms with Gasteiger partial charge in [-0.1, -0.05) is 108 Å². The number of nitrogens with zero attached hydrogens (tertiary/aromatic N) is 2. The SMILES string of the molecule is COc1cc(C=C[C@H]2C3=CC[C@@H]4C(=O)N(c5ccc(C(=O)c6ccccc6)cc5)C(=O)[C@@H]4[C@@H]3C[C@H]3C(=O)N(c4cccc(Cl)c4)C(=O)[C@@]23c2ccccc2)ccc1O. The lowest BCUT2D eigenvalue weighted by Gasteiger charge is -2.49. The third kappa shape index (κ3) is 5.71. The third-order valence-corrected chi connectivity index (χ3v) is 12.6. The number of hydrogen-bond acceptors (Lipinski definition) is 7. The molecule has 0 aromatic heterocycles. The number of carbonyl (C=O) groups is 5. The summed E-state index contributed by atoms with van der Waals surface area (Å²) in [5.41, 5.74) is 2.39. The van der Waals surface area contributed by atoms with Crippen molar-refractivity contribution in [1.29, 1.82) is 0 Å². The molecule has 4 amide bonds. The van der Waals surface area contributed by atoms with Crippen molar-refractivity contribution in [2.45, 2.75) is 18.3 Å². The van der Waals surface area contributed by atoms with Crippen molar-refractivity contribution in [2.24, 2.45) is 29.6 Å². The van der Waals surface area contributed by atoms with Crippen LogP contribution in [-0.2, 0) is 24.6 Å². The molecule has 0 spiro atoms. The first-order valence-corrected chi connectivity index (χ1v) is 19.5. The van der Waals surface area contributed by atoms with Gasteiger partial charge in [-0.3, -0.25) is 28.9 Å². The van der Waals surface area contributed by atoms with E-state index in [1.54, 1.807) is 84.9 Å². The number of hydrogen-bond donors (Lipinski definition) is 1. The van der Waals surface area contributed by atoms with Crippen LogP contribution in [0.2, 0.25) is 5.02 Å². The lowest BCUT2D eigenvalue weighted by Crippen LogP contribution is -2.54. The Bertz CT molecular complexity index is 2570. The molecule has 2 aliphatic heterocycles. The molecule has 9 nitrogen and oxygen atoms in total. The van der Waals surface area contributed by atoms with E-state index in [-0.39, 0.29) is 41.9 Å². The molecule has 9 rings (SSSR count). The number of imide groups is 2. The Morgan fingerprint density at radius 3 is 2.17 bits per heavy atom. The maximum Gasteiger partial charge on any atom is 0.246 e. The number of allylic oxidation sites excluding steroid dienone is 3. The molecule has 0 radical (unpaired) electrons. The minimum absolute atomic E-state index is 0.0284. The highest BCUT2D eigenvalue weighted by molar-refractivity contribution is 6.32. The first kappa shape index (κ1) is 37.0. The highest BCUT2D eigenvalue weighted by Crippen LogP contribution is 2.62. The number of halogens is 1. The number of phenols is 1. The summed E-state index contributed by atoms with van der Waals surface area (Å²) >= 11 is 6.42. The topological polar surface area (TPSA) is 121 Å². The number of ketones is 1. The van der Waals surface area contributed by atoms with Gasteiger partial charge in [-0.05, 0) is 84.5 Å². The molecule has 0 unspecified atom stereocenters. The number of phenolic OH excluding ortho intramolecular Hbond substituents is 1. The summed E-state index contributed by atoms with van der Waals surface area (Å²) in [5.74, 6) is -5.13. The molecular formula is C48H37ClN2O7. The summed E-state index contributed by atoms with van der Waals surface area (Å²) < 4.78 is 5.38. The predicted molar refractivity (Wildman–Crippen MR) is 219 cm³/mol. The minimum atomic E-state index is -1.42. The van der Waals surface area contributed by atoms with Crippen molar-refractivity contribution in [1.82, 2.24) is 0 Å². The Morgan fingerprint density at radius 2 is 1.47 bits per heavy atom. The number of carbonyl (C=O) groups excluding carboxylic acids is 5. The molecule has 5 aromatic rings. The van der Waals surface area contributed by atoms with Crippen LogP contribution in [0.15, 0.2) is 145 Å². The largest absolute Gasteiger partial charge is 0.504 e. The first-order chi connectivity index (χ1) is 28.1. The second kappa shape index (κ2) is 14.4. The maximum atomic E-state index is 15.4. The zero-order valence-corrected chi connectivity index (χ0v) is 32.1. The summed E-state index contributed by atoms with van der Waals surface area (Å²) in [6, 6.07) is 36.2. The fourth-order valence-corrected chi connectivity index (χ4v) is 9.95. The Labute approximate surface area is 339 Å². The van der Waals surface area contributed by atoms with Crippen LogP contribution in [0.1, 0.15) is 39.9 Å². The number of ether oxygens (including phenoxy) is 1. The van der Waals surface area contributed by atoms with E-state index < -0.39 is 46.8 Å². The molecule has 2 heterocycles. The Kier molecular flexibility index (Phi) is 9.20. The Hall–Kier alpha value is -6.58. The lowest BCUT2D eigenvalue weighted by molar-refractivity contribution is -0.128. The molecule has 3 fully saturated rings. The second-order valence-electron chi connectivity index (χ2n) is 15.2. The van der Waals surface area contributed by atoms with Gasteiger partial charge in [0.05, 0.1) is 41.7 Å². The van der Waals surface area contributed by atoms with E-state index in [1.165, 1.54) is 23.0 Å². The molecule has 1 saturated carbocycles. The van der Waals surface area contributed by atoms with Gasteiger partial charge in [0.2, 0.25) is 23.6 Å². The molecule has 2 saturated heterocycles. The number of methoxy groups -OCH3 is 1. The quantitative estimate of drug-likeness (QED) is 0.0956. The molecular weight excluding hydrogens is 752 g/mol. The van der Waals surface area contributed by atoms with Crippen molar-refractivity contribution in [3.63, 3.8) is 0 Å². The van der Waals surface area contributed by atoms with E-state index in [4.69, 9.17) is 16.3 Å². The number of amides is 4. The van der Waals surface area contributed by atoms with Crippen LogP contribution >= 0.6 is 11.6 Å². The summed E-state index contributed by atoms with van der Waals surface area (Å²) in [5, 5.41) is 10.7. The molecule has 10 heteroatoms. The number of fused-ring (bicyclic) bond motifs is 4. The normalized spacial score (nSPS) is 25.1. The highest BCUT2D eigenvalue weighted by Gasteiger charge is 2.69. The maximum absolute atomic E-state index is 15.4. The van der Waals surface area contributed by atoms with Gasteiger partial charge in [0.1, 0.15) is 0 Å². The monoisotopic (exact) mass is 788 g/mol. The van der Waals surface area contributed by atoms with Crippen molar-refractivity contribution >= 4 is 58.5 Å². The van der Waals surface area contributed by atoms with Crippen molar-refractivity contribution < 1.29 is 33.8 Å². The molecule has 0 bridgehead atoms. The fourth-order valence-electron chi connectivity index (χ4n) is 9.77. The van der Waals surface area contributed by atoms with Gasteiger partial charge in [0, 0.05) is 22.1 Å². The average Bonchev–Trinajstić information content (AvgIpc) is 3.64. The van der Waals surface area contributed by atoms with Crippen molar-refractivity contribution in [3.05, 3.63) is 172 Å². The molecule has 4 aliphatic rings. The zero-order chi connectivity index (χ0) is 40.3. The number of benzene rings is 5. The van der Waals surface area contributed by atoms with E-state index in [0.29, 0.717) is 38.7 Å². The lowest BCUT2D eigenvalue weighted by atomic mass is 9.50. The van der Waals surface area contributed by atoms with Gasteiger partial charge in [-0.15, -0.1) is 0 Å². The summed E-state index contributed by atoms with van der Waals surface area (Å²) in [4.78, 5) is 74.9. The van der Waals surface area contributed by atoms with Gasteiger partial charge < -0.3 is 9.84 Å². The van der Waals surface area contributed by atoms with Crippen LogP contribution in [0.25, 0.3) is 6.08 Å². The van der Waals surface area contributed by atoms with E-state index in [9.17, 15) is 24.3 Å². The zero-order valence-electron chi connectivity index (χ0n) is 31.3. The third-order valence-electron chi connectivity index (χ3n) is 12.3. The molecule has 58 heavy (non-hydrogen) atoms. The molecule has 288 valence electrons. The standard InChI is InChI=1S/C48H37ClN2O7/c1-58-41-25-28(16-24-40(41)52)15-23-38-35-21-22-36-42(46(56)50(44(36)54)33-19-17-30(18-20-33)43(53)29-9-4-2-5-10-29)37(35)27-39-45(55)51(34-14-8-13-32(49)26-34)47(57)48(38,39)31-11-6-3-7-12-31/h2-21,23-26,36-39,42,52H,22,27H2,1H3/t36-,37+,38-,39-,42-,48-/m0/s1. The fraction of sp³-hybridized carbons (Fsp3) is 0.188. The number of rotatable bonds is 8. The van der Waals surface area contributed by atoms with Crippen LogP contribution in [-0.4, -0.2) is 41.6 Å². The summed E-state index contributed by atoms with van der Waals surface area (Å²) in [6.45, 7) is 0. The number of aromatic hydroxyl groups is 1. The van der Waals surface area contributed by atoms with Crippen LogP contribution in [0, 0.1) is 29.6 Å².